The molecule has 1 aliphatic heterocycles. The zero-order valence-electron chi connectivity index (χ0n) is 11.2. The van der Waals surface area contributed by atoms with Crippen molar-refractivity contribution in [1.29, 1.82) is 0 Å². The van der Waals surface area contributed by atoms with Gasteiger partial charge in [0, 0.05) is 25.1 Å². The summed E-state index contributed by atoms with van der Waals surface area (Å²) < 4.78 is 10.2. The highest BCUT2D eigenvalue weighted by atomic mass is 32.1. The molecule has 0 spiro atoms. The quantitative estimate of drug-likeness (QED) is 0.811. The van der Waals surface area contributed by atoms with E-state index in [-0.39, 0.29) is 12.4 Å². The lowest BCUT2D eigenvalue weighted by atomic mass is 10.0. The van der Waals surface area contributed by atoms with Crippen LogP contribution in [0.5, 0.6) is 0 Å². The van der Waals surface area contributed by atoms with E-state index in [2.05, 4.69) is 10.3 Å². The van der Waals surface area contributed by atoms with Gasteiger partial charge in [0.05, 0.1) is 18.7 Å². The molecule has 0 amide bonds. The number of ether oxygens (including phenoxy) is 2. The fourth-order valence-electron chi connectivity index (χ4n) is 2.01. The van der Waals surface area contributed by atoms with Crippen LogP contribution in [0.4, 0.5) is 5.13 Å². The first-order valence-electron chi connectivity index (χ1n) is 6.69. The van der Waals surface area contributed by atoms with E-state index in [1.807, 2.05) is 5.38 Å². The minimum Gasteiger partial charge on any atom is -0.466 e. The van der Waals surface area contributed by atoms with Gasteiger partial charge in [0.25, 0.3) is 0 Å². The summed E-state index contributed by atoms with van der Waals surface area (Å²) in [5.74, 6) is 0.440. The predicted molar refractivity (Wildman–Crippen MR) is 74.5 cm³/mol. The standard InChI is InChI=1S/C13H20N2O3S/c1-2-18-12(16)7-11-9-19-13(15-11)14-8-10-3-5-17-6-4-10/h9-10H,2-8H2,1H3,(H,14,15). The first-order chi connectivity index (χ1) is 9.28. The highest BCUT2D eigenvalue weighted by molar-refractivity contribution is 7.13. The summed E-state index contributed by atoms with van der Waals surface area (Å²) in [6.07, 6.45) is 2.46. The van der Waals surface area contributed by atoms with Gasteiger partial charge in [-0.15, -0.1) is 11.3 Å². The van der Waals surface area contributed by atoms with Gasteiger partial charge in [-0.1, -0.05) is 0 Å². The molecule has 1 aliphatic rings. The molecule has 0 radical (unpaired) electrons. The van der Waals surface area contributed by atoms with Crippen LogP contribution in [0.25, 0.3) is 0 Å². The van der Waals surface area contributed by atoms with E-state index in [0.717, 1.165) is 43.4 Å². The van der Waals surface area contributed by atoms with Gasteiger partial charge < -0.3 is 14.8 Å². The molecule has 0 unspecified atom stereocenters. The molecule has 0 saturated carbocycles. The van der Waals surface area contributed by atoms with Crippen molar-refractivity contribution < 1.29 is 14.3 Å². The van der Waals surface area contributed by atoms with Crippen LogP contribution in [0.15, 0.2) is 5.38 Å². The van der Waals surface area contributed by atoms with Crippen molar-refractivity contribution in [3.63, 3.8) is 0 Å². The molecule has 1 aromatic rings. The first kappa shape index (κ1) is 14.3. The molecule has 1 aromatic heterocycles. The van der Waals surface area contributed by atoms with E-state index in [4.69, 9.17) is 9.47 Å². The number of rotatable bonds is 6. The van der Waals surface area contributed by atoms with Crippen molar-refractivity contribution in [3.8, 4) is 0 Å². The number of carbonyl (C=O) groups is 1. The molecule has 1 fully saturated rings. The number of hydrogen-bond donors (Lipinski definition) is 1. The largest absolute Gasteiger partial charge is 0.466 e. The maximum atomic E-state index is 11.3. The van der Waals surface area contributed by atoms with Crippen LogP contribution >= 0.6 is 11.3 Å². The molecule has 2 rings (SSSR count). The third-order valence-electron chi connectivity index (χ3n) is 3.07. The minimum atomic E-state index is -0.219. The van der Waals surface area contributed by atoms with Gasteiger partial charge in [0.1, 0.15) is 0 Å². The van der Waals surface area contributed by atoms with Crippen LogP contribution in [0.3, 0.4) is 0 Å². The van der Waals surface area contributed by atoms with Crippen LogP contribution in [0, 0.1) is 5.92 Å². The smallest absolute Gasteiger partial charge is 0.311 e. The van der Waals surface area contributed by atoms with Gasteiger partial charge in [0.2, 0.25) is 0 Å². The average Bonchev–Trinajstić information content (AvgIpc) is 2.85. The van der Waals surface area contributed by atoms with E-state index >= 15 is 0 Å². The van der Waals surface area contributed by atoms with Gasteiger partial charge in [-0.25, -0.2) is 4.98 Å². The molecular weight excluding hydrogens is 264 g/mol. The molecular formula is C13H20N2O3S. The molecule has 6 heteroatoms. The zero-order chi connectivity index (χ0) is 13.5. The van der Waals surface area contributed by atoms with Crippen LogP contribution in [0.2, 0.25) is 0 Å². The fourth-order valence-corrected chi connectivity index (χ4v) is 2.73. The van der Waals surface area contributed by atoms with E-state index in [0.29, 0.717) is 12.5 Å². The van der Waals surface area contributed by atoms with Crippen molar-refractivity contribution in [2.75, 3.05) is 31.7 Å². The second kappa shape index (κ2) is 7.45. The Morgan fingerprint density at radius 3 is 3.11 bits per heavy atom. The number of carbonyl (C=O) groups excluding carboxylic acids is 1. The van der Waals surface area contributed by atoms with Crippen molar-refractivity contribution in [2.24, 2.45) is 5.92 Å². The Bertz CT molecular complexity index is 402. The van der Waals surface area contributed by atoms with Gasteiger partial charge in [0.15, 0.2) is 5.13 Å². The summed E-state index contributed by atoms with van der Waals surface area (Å²) in [5, 5.41) is 6.13. The van der Waals surface area contributed by atoms with Gasteiger partial charge in [-0.3, -0.25) is 4.79 Å². The van der Waals surface area contributed by atoms with Gasteiger partial charge >= 0.3 is 5.97 Å². The monoisotopic (exact) mass is 284 g/mol. The molecule has 0 atom stereocenters. The van der Waals surface area contributed by atoms with Crippen LogP contribution in [-0.2, 0) is 20.7 Å². The molecule has 0 aliphatic carbocycles. The van der Waals surface area contributed by atoms with Crippen LogP contribution in [-0.4, -0.2) is 37.3 Å². The number of esters is 1. The minimum absolute atomic E-state index is 0.219. The lowest BCUT2D eigenvalue weighted by molar-refractivity contribution is -0.142. The average molecular weight is 284 g/mol. The number of nitrogens with one attached hydrogen (secondary N) is 1. The maximum absolute atomic E-state index is 11.3. The predicted octanol–water partition coefficient (Wildman–Crippen LogP) is 2.09. The molecule has 1 N–H and O–H groups in total. The topological polar surface area (TPSA) is 60.5 Å². The Balaban J connectivity index is 1.75. The Hall–Kier alpha value is -1.14. The number of anilines is 1. The molecule has 0 bridgehead atoms. The highest BCUT2D eigenvalue weighted by Gasteiger charge is 2.14. The first-order valence-corrected chi connectivity index (χ1v) is 7.57. The van der Waals surface area contributed by atoms with Crippen molar-refractivity contribution in [1.82, 2.24) is 4.98 Å². The molecule has 5 nitrogen and oxygen atoms in total. The normalized spacial score (nSPS) is 16.3. The van der Waals surface area contributed by atoms with E-state index in [1.165, 1.54) is 11.3 Å². The lowest BCUT2D eigenvalue weighted by Gasteiger charge is -2.21. The van der Waals surface area contributed by atoms with Gasteiger partial charge in [-0.05, 0) is 25.7 Å². The Labute approximate surface area is 117 Å². The number of nitrogens with zero attached hydrogens (tertiary/aromatic N) is 1. The molecule has 2 heterocycles. The summed E-state index contributed by atoms with van der Waals surface area (Å²) in [6, 6.07) is 0. The SMILES string of the molecule is CCOC(=O)Cc1csc(NCC2CCOCC2)n1. The third kappa shape index (κ3) is 4.80. The summed E-state index contributed by atoms with van der Waals surface area (Å²) in [6.45, 7) is 4.87. The van der Waals surface area contributed by atoms with E-state index < -0.39 is 0 Å². The zero-order valence-corrected chi connectivity index (χ0v) is 12.0. The number of aromatic nitrogens is 1. The second-order valence-corrected chi connectivity index (χ2v) is 5.42. The summed E-state index contributed by atoms with van der Waals surface area (Å²) in [5.41, 5.74) is 0.776. The Kier molecular flexibility index (Phi) is 5.60. The third-order valence-corrected chi connectivity index (χ3v) is 3.91. The number of thiazole rings is 1. The molecule has 19 heavy (non-hydrogen) atoms. The van der Waals surface area contributed by atoms with Crippen molar-refractivity contribution in [2.45, 2.75) is 26.2 Å². The van der Waals surface area contributed by atoms with Crippen LogP contribution < -0.4 is 5.32 Å². The van der Waals surface area contributed by atoms with E-state index in [9.17, 15) is 4.79 Å². The summed E-state index contributed by atoms with van der Waals surface area (Å²) >= 11 is 1.54. The summed E-state index contributed by atoms with van der Waals surface area (Å²) in [4.78, 5) is 15.7. The Morgan fingerprint density at radius 2 is 2.37 bits per heavy atom. The van der Waals surface area contributed by atoms with Crippen molar-refractivity contribution >= 4 is 22.4 Å². The molecule has 0 aromatic carbocycles. The second-order valence-electron chi connectivity index (χ2n) is 4.56. The van der Waals surface area contributed by atoms with Gasteiger partial charge in [-0.2, -0.15) is 0 Å². The molecule has 1 saturated heterocycles. The fraction of sp³-hybridized carbons (Fsp3) is 0.692. The number of hydrogen-bond acceptors (Lipinski definition) is 6. The van der Waals surface area contributed by atoms with Crippen molar-refractivity contribution in [3.05, 3.63) is 11.1 Å². The van der Waals surface area contributed by atoms with Crippen LogP contribution in [0.1, 0.15) is 25.5 Å². The lowest BCUT2D eigenvalue weighted by Crippen LogP contribution is -2.22. The maximum Gasteiger partial charge on any atom is 0.311 e. The highest BCUT2D eigenvalue weighted by Crippen LogP contribution is 2.19. The Morgan fingerprint density at radius 1 is 1.58 bits per heavy atom. The molecule has 106 valence electrons. The summed E-state index contributed by atoms with van der Waals surface area (Å²) in [7, 11) is 0. The van der Waals surface area contributed by atoms with E-state index in [1.54, 1.807) is 6.92 Å².